The Hall–Kier alpha value is -2.69. The molecule has 5 nitrogen and oxygen atoms in total. The minimum Gasteiger partial charge on any atom is -0.383 e. The van der Waals surface area contributed by atoms with Crippen molar-refractivity contribution >= 4 is 22.8 Å². The molecule has 0 aliphatic heterocycles. The Labute approximate surface area is 117 Å². The van der Waals surface area contributed by atoms with Gasteiger partial charge in [0.15, 0.2) is 5.65 Å². The summed E-state index contributed by atoms with van der Waals surface area (Å²) in [6.07, 6.45) is 1.65. The fraction of sp³-hybridized carbons (Fsp3) is 0.133. The molecule has 2 heterocycles. The predicted molar refractivity (Wildman–Crippen MR) is 82.9 cm³/mol. The molecule has 0 amide bonds. The topological polar surface area (TPSA) is 90.7 Å². The van der Waals surface area contributed by atoms with Crippen LogP contribution in [0.1, 0.15) is 13.8 Å². The van der Waals surface area contributed by atoms with Crippen LogP contribution >= 0.6 is 0 Å². The van der Waals surface area contributed by atoms with Gasteiger partial charge in [0.2, 0.25) is 5.95 Å². The van der Waals surface area contributed by atoms with E-state index >= 15 is 0 Å². The number of hydrogen-bond donors (Lipinski definition) is 2. The first-order valence-electron chi connectivity index (χ1n) is 6.48. The number of nitrogen functional groups attached to an aromatic ring is 2. The van der Waals surface area contributed by atoms with E-state index in [9.17, 15) is 0 Å². The summed E-state index contributed by atoms with van der Waals surface area (Å²) in [4.78, 5) is 12.3. The first-order chi connectivity index (χ1) is 9.74. The number of aromatic nitrogens is 3. The molecule has 0 saturated carbocycles. The van der Waals surface area contributed by atoms with Crippen molar-refractivity contribution in [3.05, 3.63) is 42.6 Å². The third kappa shape index (κ3) is 2.66. The molecule has 102 valence electrons. The zero-order valence-electron chi connectivity index (χ0n) is 11.5. The van der Waals surface area contributed by atoms with Crippen molar-refractivity contribution in [2.24, 2.45) is 0 Å². The van der Waals surface area contributed by atoms with E-state index in [0.29, 0.717) is 11.5 Å². The summed E-state index contributed by atoms with van der Waals surface area (Å²) in [6, 6.07) is 11.8. The zero-order valence-corrected chi connectivity index (χ0v) is 11.5. The van der Waals surface area contributed by atoms with Gasteiger partial charge >= 0.3 is 0 Å². The van der Waals surface area contributed by atoms with Gasteiger partial charge in [-0.1, -0.05) is 44.2 Å². The van der Waals surface area contributed by atoms with Crippen LogP contribution in [0.15, 0.2) is 42.6 Å². The Morgan fingerprint density at radius 1 is 0.950 bits per heavy atom. The van der Waals surface area contributed by atoms with Crippen LogP contribution in [0.5, 0.6) is 0 Å². The molecule has 0 aliphatic rings. The number of fused-ring (bicyclic) bond motifs is 1. The number of hydrogen-bond acceptors (Lipinski definition) is 5. The first-order valence-corrected chi connectivity index (χ1v) is 6.48. The van der Waals surface area contributed by atoms with E-state index < -0.39 is 0 Å². The van der Waals surface area contributed by atoms with E-state index in [1.807, 2.05) is 50.2 Å². The van der Waals surface area contributed by atoms with Gasteiger partial charge in [-0.3, -0.25) is 0 Å². The fourth-order valence-electron chi connectivity index (χ4n) is 1.84. The van der Waals surface area contributed by atoms with Gasteiger partial charge in [0.1, 0.15) is 5.82 Å². The molecule has 4 N–H and O–H groups in total. The Morgan fingerprint density at radius 3 is 2.35 bits per heavy atom. The van der Waals surface area contributed by atoms with Gasteiger partial charge in [-0.15, -0.1) is 0 Å². The van der Waals surface area contributed by atoms with E-state index in [4.69, 9.17) is 11.5 Å². The van der Waals surface area contributed by atoms with Gasteiger partial charge in [0, 0.05) is 17.1 Å². The average Bonchev–Trinajstić information content (AvgIpc) is 2.49. The summed E-state index contributed by atoms with van der Waals surface area (Å²) in [6.45, 7) is 4.00. The van der Waals surface area contributed by atoms with Crippen molar-refractivity contribution < 1.29 is 0 Å². The molecule has 20 heavy (non-hydrogen) atoms. The van der Waals surface area contributed by atoms with Crippen LogP contribution in [0.2, 0.25) is 0 Å². The summed E-state index contributed by atoms with van der Waals surface area (Å²) in [5.41, 5.74) is 13.9. The highest BCUT2D eigenvalue weighted by atomic mass is 15.0. The van der Waals surface area contributed by atoms with Crippen LogP contribution in [-0.4, -0.2) is 15.0 Å². The number of benzene rings is 1. The third-order valence-corrected chi connectivity index (χ3v) is 2.70. The van der Waals surface area contributed by atoms with Crippen LogP contribution in [0.25, 0.3) is 22.2 Å². The summed E-state index contributed by atoms with van der Waals surface area (Å²) >= 11 is 0. The van der Waals surface area contributed by atoms with E-state index in [1.165, 1.54) is 0 Å². The largest absolute Gasteiger partial charge is 0.383 e. The second-order valence-electron chi connectivity index (χ2n) is 3.93. The molecule has 2 aromatic heterocycles. The SMILES string of the molecule is CC.Nc1ncc2cc(-c3ccccc3)c(N)nc2n1. The molecule has 0 bridgehead atoms. The van der Waals surface area contributed by atoms with Crippen LogP contribution in [-0.2, 0) is 0 Å². The maximum absolute atomic E-state index is 5.96. The molecule has 0 saturated heterocycles. The maximum atomic E-state index is 5.96. The summed E-state index contributed by atoms with van der Waals surface area (Å²) < 4.78 is 0. The number of nitrogens with two attached hydrogens (primary N) is 2. The minimum atomic E-state index is 0.196. The van der Waals surface area contributed by atoms with Gasteiger partial charge < -0.3 is 11.5 Å². The summed E-state index contributed by atoms with van der Waals surface area (Å²) in [5, 5.41) is 0.817. The molecule has 0 spiro atoms. The van der Waals surface area contributed by atoms with Crippen LogP contribution < -0.4 is 11.5 Å². The van der Waals surface area contributed by atoms with Crippen LogP contribution in [0.4, 0.5) is 11.8 Å². The van der Waals surface area contributed by atoms with Gasteiger partial charge in [0.05, 0.1) is 0 Å². The second-order valence-corrected chi connectivity index (χ2v) is 3.93. The van der Waals surface area contributed by atoms with E-state index in [-0.39, 0.29) is 5.95 Å². The quantitative estimate of drug-likeness (QED) is 0.707. The van der Waals surface area contributed by atoms with Gasteiger partial charge in [-0.2, -0.15) is 4.98 Å². The highest BCUT2D eigenvalue weighted by Crippen LogP contribution is 2.27. The van der Waals surface area contributed by atoms with Crippen molar-refractivity contribution in [1.82, 2.24) is 15.0 Å². The molecule has 1 aromatic carbocycles. The molecular weight excluding hydrogens is 250 g/mol. The van der Waals surface area contributed by atoms with Gasteiger partial charge in [0.25, 0.3) is 0 Å². The third-order valence-electron chi connectivity index (χ3n) is 2.70. The van der Waals surface area contributed by atoms with E-state index in [0.717, 1.165) is 16.5 Å². The smallest absolute Gasteiger partial charge is 0.222 e. The molecule has 0 fully saturated rings. The highest BCUT2D eigenvalue weighted by Gasteiger charge is 2.07. The Morgan fingerprint density at radius 2 is 1.65 bits per heavy atom. The van der Waals surface area contributed by atoms with Crippen LogP contribution in [0, 0.1) is 0 Å². The van der Waals surface area contributed by atoms with Crippen molar-refractivity contribution in [2.45, 2.75) is 13.8 Å². The van der Waals surface area contributed by atoms with E-state index in [1.54, 1.807) is 6.20 Å². The Bertz CT molecular complexity index is 710. The number of pyridine rings is 1. The monoisotopic (exact) mass is 267 g/mol. The second kappa shape index (κ2) is 5.97. The molecular formula is C15H17N5. The Kier molecular flexibility index (Phi) is 4.10. The number of rotatable bonds is 1. The van der Waals surface area contributed by atoms with Gasteiger partial charge in [-0.25, -0.2) is 9.97 Å². The summed E-state index contributed by atoms with van der Waals surface area (Å²) in [7, 11) is 0. The van der Waals surface area contributed by atoms with Crippen molar-refractivity contribution in [3.63, 3.8) is 0 Å². The fourth-order valence-corrected chi connectivity index (χ4v) is 1.84. The minimum absolute atomic E-state index is 0.196. The molecule has 0 unspecified atom stereocenters. The average molecular weight is 267 g/mol. The normalized spacial score (nSPS) is 9.90. The molecule has 5 heteroatoms. The predicted octanol–water partition coefficient (Wildman–Crippen LogP) is 2.88. The lowest BCUT2D eigenvalue weighted by Gasteiger charge is -2.06. The lowest BCUT2D eigenvalue weighted by Crippen LogP contribution is -1.99. The lowest BCUT2D eigenvalue weighted by atomic mass is 10.1. The van der Waals surface area contributed by atoms with Crippen LogP contribution in [0.3, 0.4) is 0 Å². The number of anilines is 2. The van der Waals surface area contributed by atoms with Crippen molar-refractivity contribution in [3.8, 4) is 11.1 Å². The zero-order chi connectivity index (χ0) is 14.5. The summed E-state index contributed by atoms with van der Waals surface area (Å²) in [5.74, 6) is 0.633. The molecule has 0 aliphatic carbocycles. The van der Waals surface area contributed by atoms with Gasteiger partial charge in [-0.05, 0) is 11.6 Å². The standard InChI is InChI=1S/C13H11N5.C2H6/c14-11-10(8-4-2-1-3-5-8)6-9-7-16-13(15)18-12(9)17-11;1-2/h1-7H,(H4,14,15,16,17,18);1-2H3. The van der Waals surface area contributed by atoms with Crippen molar-refractivity contribution in [2.75, 3.05) is 11.5 Å². The van der Waals surface area contributed by atoms with E-state index in [2.05, 4.69) is 15.0 Å². The highest BCUT2D eigenvalue weighted by molar-refractivity contribution is 5.86. The number of nitrogens with zero attached hydrogens (tertiary/aromatic N) is 3. The first kappa shape index (κ1) is 13.7. The Balaban J connectivity index is 0.000000704. The molecule has 0 radical (unpaired) electrons. The molecule has 0 atom stereocenters. The maximum Gasteiger partial charge on any atom is 0.222 e. The molecule has 3 aromatic rings. The lowest BCUT2D eigenvalue weighted by molar-refractivity contribution is 1.20. The van der Waals surface area contributed by atoms with Crippen molar-refractivity contribution in [1.29, 1.82) is 0 Å². The molecule has 3 rings (SSSR count).